The van der Waals surface area contributed by atoms with E-state index in [2.05, 4.69) is 20.6 Å². The van der Waals surface area contributed by atoms with Gasteiger partial charge < -0.3 is 22.1 Å². The van der Waals surface area contributed by atoms with E-state index in [1.807, 2.05) is 0 Å². The molecule has 0 fully saturated rings. The summed E-state index contributed by atoms with van der Waals surface area (Å²) in [6, 6.07) is 8.31. The number of nitrogens with one attached hydrogen (secondary N) is 2. The van der Waals surface area contributed by atoms with Gasteiger partial charge in [0.05, 0.1) is 5.75 Å². The second kappa shape index (κ2) is 8.16. The van der Waals surface area contributed by atoms with Crippen molar-refractivity contribution in [3.05, 3.63) is 30.3 Å². The molecular formula is C15H18N6O2S. The van der Waals surface area contributed by atoms with Crippen molar-refractivity contribution in [3.63, 3.8) is 0 Å². The zero-order valence-electron chi connectivity index (χ0n) is 13.1. The average Bonchev–Trinajstić information content (AvgIpc) is 2.54. The molecule has 9 heteroatoms. The van der Waals surface area contributed by atoms with E-state index in [0.29, 0.717) is 23.0 Å². The highest BCUT2D eigenvalue weighted by molar-refractivity contribution is 7.99. The number of carbonyl (C=O) groups is 2. The Labute approximate surface area is 143 Å². The van der Waals surface area contributed by atoms with E-state index < -0.39 is 0 Å². The van der Waals surface area contributed by atoms with Gasteiger partial charge in [0.15, 0.2) is 5.16 Å². The third-order valence-electron chi connectivity index (χ3n) is 2.85. The Morgan fingerprint density at radius 2 is 1.50 bits per heavy atom. The summed E-state index contributed by atoms with van der Waals surface area (Å²) in [5.74, 6) is 0.363. The maximum atomic E-state index is 11.9. The lowest BCUT2D eigenvalue weighted by Crippen LogP contribution is -2.14. The third-order valence-corrected chi connectivity index (χ3v) is 3.70. The number of carbonyl (C=O) groups excluding carboxylic acids is 2. The lowest BCUT2D eigenvalue weighted by atomic mass is 10.2. The number of hydrogen-bond donors (Lipinski definition) is 4. The van der Waals surface area contributed by atoms with Crippen LogP contribution in [0.1, 0.15) is 13.3 Å². The molecular weight excluding hydrogens is 328 g/mol. The van der Waals surface area contributed by atoms with Gasteiger partial charge in [0.1, 0.15) is 11.6 Å². The van der Waals surface area contributed by atoms with Crippen LogP contribution in [0.5, 0.6) is 0 Å². The molecule has 0 bridgehead atoms. The molecule has 8 nitrogen and oxygen atoms in total. The fraction of sp³-hybridized carbons (Fsp3) is 0.200. The quantitative estimate of drug-likeness (QED) is 0.462. The Hall–Kier alpha value is -2.81. The van der Waals surface area contributed by atoms with Gasteiger partial charge in [0, 0.05) is 23.9 Å². The molecule has 0 atom stereocenters. The predicted octanol–water partition coefficient (Wildman–Crippen LogP) is 1.72. The maximum Gasteiger partial charge on any atom is 0.234 e. The van der Waals surface area contributed by atoms with E-state index in [0.717, 1.165) is 11.8 Å². The zero-order chi connectivity index (χ0) is 17.5. The Morgan fingerprint density at radius 3 is 2.00 bits per heavy atom. The normalized spacial score (nSPS) is 10.2. The van der Waals surface area contributed by atoms with Crippen LogP contribution in [-0.4, -0.2) is 27.5 Å². The Morgan fingerprint density at radius 1 is 1.00 bits per heavy atom. The third kappa shape index (κ3) is 5.43. The summed E-state index contributed by atoms with van der Waals surface area (Å²) in [6.45, 7) is 1.78. The number of hydrogen-bond acceptors (Lipinski definition) is 7. The largest absolute Gasteiger partial charge is 0.383 e. The first kappa shape index (κ1) is 17.5. The van der Waals surface area contributed by atoms with Crippen molar-refractivity contribution in [3.8, 4) is 0 Å². The fourth-order valence-electron chi connectivity index (χ4n) is 1.74. The number of nitrogens with zero attached hydrogens (tertiary/aromatic N) is 2. The number of aromatic nitrogens is 2. The van der Waals surface area contributed by atoms with Crippen molar-refractivity contribution < 1.29 is 9.59 Å². The van der Waals surface area contributed by atoms with Gasteiger partial charge in [-0.3, -0.25) is 9.59 Å². The summed E-state index contributed by atoms with van der Waals surface area (Å²) in [4.78, 5) is 31.2. The number of anilines is 4. The summed E-state index contributed by atoms with van der Waals surface area (Å²) in [6.07, 6.45) is 0.409. The zero-order valence-corrected chi connectivity index (χ0v) is 13.9. The van der Waals surface area contributed by atoms with Crippen LogP contribution in [0.4, 0.5) is 23.0 Å². The van der Waals surface area contributed by atoms with Crippen LogP contribution in [0.3, 0.4) is 0 Å². The monoisotopic (exact) mass is 346 g/mol. The summed E-state index contributed by atoms with van der Waals surface area (Å²) < 4.78 is 0. The minimum atomic E-state index is -0.213. The maximum absolute atomic E-state index is 11.9. The van der Waals surface area contributed by atoms with Crippen molar-refractivity contribution in [2.75, 3.05) is 27.9 Å². The van der Waals surface area contributed by atoms with E-state index in [9.17, 15) is 9.59 Å². The van der Waals surface area contributed by atoms with Gasteiger partial charge in [-0.1, -0.05) is 18.7 Å². The smallest absolute Gasteiger partial charge is 0.234 e. The molecule has 126 valence electrons. The van der Waals surface area contributed by atoms with Crippen LogP contribution in [-0.2, 0) is 9.59 Å². The van der Waals surface area contributed by atoms with Crippen molar-refractivity contribution in [2.24, 2.45) is 0 Å². The lowest BCUT2D eigenvalue weighted by molar-refractivity contribution is -0.116. The molecule has 1 aromatic carbocycles. The molecule has 24 heavy (non-hydrogen) atoms. The second-order valence-corrected chi connectivity index (χ2v) is 5.76. The summed E-state index contributed by atoms with van der Waals surface area (Å²) in [5, 5.41) is 5.83. The SMILES string of the molecule is CCC(=O)Nc1ccc(NC(=O)CSc2nc(N)cc(N)n2)cc1. The summed E-state index contributed by atoms with van der Waals surface area (Å²) in [7, 11) is 0. The number of benzene rings is 1. The van der Waals surface area contributed by atoms with Crippen LogP contribution in [0.25, 0.3) is 0 Å². The van der Waals surface area contributed by atoms with Crippen LogP contribution >= 0.6 is 11.8 Å². The minimum Gasteiger partial charge on any atom is -0.383 e. The van der Waals surface area contributed by atoms with Gasteiger partial charge in [-0.2, -0.15) is 0 Å². The van der Waals surface area contributed by atoms with Gasteiger partial charge >= 0.3 is 0 Å². The predicted molar refractivity (Wildman–Crippen MR) is 95.6 cm³/mol. The van der Waals surface area contributed by atoms with Gasteiger partial charge in [-0.15, -0.1) is 0 Å². The van der Waals surface area contributed by atoms with Gasteiger partial charge in [-0.25, -0.2) is 9.97 Å². The molecule has 1 heterocycles. The van der Waals surface area contributed by atoms with Crippen LogP contribution in [0.15, 0.2) is 35.5 Å². The Balaban J connectivity index is 1.86. The first-order valence-electron chi connectivity index (χ1n) is 7.19. The highest BCUT2D eigenvalue weighted by Gasteiger charge is 2.07. The Bertz CT molecular complexity index is 715. The van der Waals surface area contributed by atoms with E-state index in [4.69, 9.17) is 11.5 Å². The van der Waals surface area contributed by atoms with Gasteiger partial charge in [-0.05, 0) is 24.3 Å². The van der Waals surface area contributed by atoms with Crippen LogP contribution < -0.4 is 22.1 Å². The molecule has 0 aliphatic heterocycles. The van der Waals surface area contributed by atoms with Crippen molar-refractivity contribution in [1.29, 1.82) is 0 Å². The highest BCUT2D eigenvalue weighted by Crippen LogP contribution is 2.18. The van der Waals surface area contributed by atoms with E-state index in [1.165, 1.54) is 6.07 Å². The number of nitrogens with two attached hydrogens (primary N) is 2. The van der Waals surface area contributed by atoms with Gasteiger partial charge in [0.25, 0.3) is 0 Å². The van der Waals surface area contributed by atoms with E-state index in [1.54, 1.807) is 31.2 Å². The van der Waals surface area contributed by atoms with Crippen molar-refractivity contribution in [2.45, 2.75) is 18.5 Å². The van der Waals surface area contributed by atoms with Gasteiger partial charge in [0.2, 0.25) is 11.8 Å². The van der Waals surface area contributed by atoms with Crippen LogP contribution in [0, 0.1) is 0 Å². The molecule has 2 aromatic rings. The molecule has 0 saturated carbocycles. The number of rotatable bonds is 6. The topological polar surface area (TPSA) is 136 Å². The molecule has 0 aliphatic carbocycles. The van der Waals surface area contributed by atoms with Crippen LogP contribution in [0.2, 0.25) is 0 Å². The van der Waals surface area contributed by atoms with Crippen molar-refractivity contribution >= 4 is 46.6 Å². The standard InChI is InChI=1S/C15H18N6O2S/c1-2-13(22)18-9-3-5-10(6-4-9)19-14(23)8-24-15-20-11(16)7-12(17)21-15/h3-7H,2,8H2,1H3,(H,18,22)(H,19,23)(H4,16,17,20,21). The number of thioether (sulfide) groups is 1. The number of amides is 2. The Kier molecular flexibility index (Phi) is 5.96. The molecule has 0 spiro atoms. The average molecular weight is 346 g/mol. The summed E-state index contributed by atoms with van der Waals surface area (Å²) >= 11 is 1.14. The molecule has 2 amide bonds. The minimum absolute atomic E-state index is 0.0652. The molecule has 0 radical (unpaired) electrons. The fourth-order valence-corrected chi connectivity index (χ4v) is 2.41. The molecule has 0 unspecified atom stereocenters. The summed E-state index contributed by atoms with van der Waals surface area (Å²) in [5.41, 5.74) is 12.5. The first-order chi connectivity index (χ1) is 11.5. The molecule has 2 rings (SSSR count). The van der Waals surface area contributed by atoms with Crippen molar-refractivity contribution in [1.82, 2.24) is 9.97 Å². The number of nitrogen functional groups attached to an aromatic ring is 2. The second-order valence-electron chi connectivity index (χ2n) is 4.82. The highest BCUT2D eigenvalue weighted by atomic mass is 32.2. The molecule has 0 aliphatic rings. The molecule has 6 N–H and O–H groups in total. The lowest BCUT2D eigenvalue weighted by Gasteiger charge is -2.07. The molecule has 1 aromatic heterocycles. The van der Waals surface area contributed by atoms with E-state index >= 15 is 0 Å². The van der Waals surface area contributed by atoms with E-state index in [-0.39, 0.29) is 29.2 Å². The first-order valence-corrected chi connectivity index (χ1v) is 8.17. The molecule has 0 saturated heterocycles.